The minimum atomic E-state index is -4.53. The van der Waals surface area contributed by atoms with Gasteiger partial charge in [0, 0.05) is 13.1 Å². The molecule has 2 atom stereocenters. The summed E-state index contributed by atoms with van der Waals surface area (Å²) >= 11 is 0. The molecule has 0 bridgehead atoms. The predicted octanol–water partition coefficient (Wildman–Crippen LogP) is 3.68. The Morgan fingerprint density at radius 3 is 2.28 bits per heavy atom. The number of likely N-dealkylation sites (tertiary alicyclic amines) is 1. The summed E-state index contributed by atoms with van der Waals surface area (Å²) < 4.78 is 39.0. The number of carbonyl (C=O) groups is 2. The van der Waals surface area contributed by atoms with E-state index in [0.717, 1.165) is 31.7 Å². The molecule has 1 aromatic carbocycles. The maximum Gasteiger partial charge on any atom is 0.418 e. The second-order valence-corrected chi connectivity index (χ2v) is 6.72. The fourth-order valence-corrected chi connectivity index (χ4v) is 3.35. The first-order chi connectivity index (χ1) is 11.9. The van der Waals surface area contributed by atoms with Crippen molar-refractivity contribution in [3.8, 4) is 0 Å². The number of hydrogen-bond donors (Lipinski definition) is 1. The summed E-state index contributed by atoms with van der Waals surface area (Å²) in [6.07, 6.45) is 0.0196. The van der Waals surface area contributed by atoms with Crippen molar-refractivity contribution in [2.24, 2.45) is 11.8 Å². The summed E-state index contributed by atoms with van der Waals surface area (Å²) in [5.74, 6) is -1.47. The van der Waals surface area contributed by atoms with Crippen LogP contribution in [0.2, 0.25) is 0 Å². The molecule has 7 heteroatoms. The predicted molar refractivity (Wildman–Crippen MR) is 86.7 cm³/mol. The molecule has 2 amide bonds. The van der Waals surface area contributed by atoms with Crippen molar-refractivity contribution in [3.05, 3.63) is 29.8 Å². The van der Waals surface area contributed by atoms with Crippen LogP contribution in [0, 0.1) is 11.8 Å². The number of nitrogens with zero attached hydrogens (tertiary/aromatic N) is 1. The Bertz CT molecular complexity index is 652. The van der Waals surface area contributed by atoms with Crippen LogP contribution in [0.15, 0.2) is 24.3 Å². The Kier molecular flexibility index (Phi) is 5.01. The summed E-state index contributed by atoms with van der Waals surface area (Å²) in [6, 6.07) is 4.88. The SMILES string of the molecule is O=C(Nc1ccccc1C(F)(F)F)C1CC1C(=O)N1CCCCCC1. The third-order valence-electron chi connectivity index (χ3n) is 4.85. The molecule has 1 aliphatic carbocycles. The van der Waals surface area contributed by atoms with E-state index in [9.17, 15) is 22.8 Å². The highest BCUT2D eigenvalue weighted by Crippen LogP contribution is 2.42. The fraction of sp³-hybridized carbons (Fsp3) is 0.556. The van der Waals surface area contributed by atoms with Crippen LogP contribution in [0.3, 0.4) is 0 Å². The summed E-state index contributed by atoms with van der Waals surface area (Å²) in [6.45, 7) is 1.42. The van der Waals surface area contributed by atoms with Gasteiger partial charge in [0.25, 0.3) is 0 Å². The van der Waals surface area contributed by atoms with E-state index >= 15 is 0 Å². The van der Waals surface area contributed by atoms with Crippen molar-refractivity contribution < 1.29 is 22.8 Å². The highest BCUT2D eigenvalue weighted by Gasteiger charge is 2.49. The van der Waals surface area contributed by atoms with Crippen LogP contribution in [0.1, 0.15) is 37.7 Å². The molecule has 2 unspecified atom stereocenters. The Balaban J connectivity index is 1.62. The van der Waals surface area contributed by atoms with E-state index in [1.54, 1.807) is 4.90 Å². The number of hydrogen-bond acceptors (Lipinski definition) is 2. The van der Waals surface area contributed by atoms with E-state index in [2.05, 4.69) is 5.32 Å². The third kappa shape index (κ3) is 4.14. The minimum Gasteiger partial charge on any atom is -0.342 e. The van der Waals surface area contributed by atoms with Crippen LogP contribution in [0.25, 0.3) is 0 Å². The fourth-order valence-electron chi connectivity index (χ4n) is 3.35. The molecule has 0 radical (unpaired) electrons. The van der Waals surface area contributed by atoms with Crippen LogP contribution in [0.5, 0.6) is 0 Å². The maximum absolute atomic E-state index is 13.0. The molecule has 1 aromatic rings. The van der Waals surface area contributed by atoms with E-state index in [1.165, 1.54) is 18.2 Å². The molecule has 0 aromatic heterocycles. The van der Waals surface area contributed by atoms with Gasteiger partial charge in [-0.1, -0.05) is 25.0 Å². The van der Waals surface area contributed by atoms with E-state index in [1.807, 2.05) is 0 Å². The van der Waals surface area contributed by atoms with Gasteiger partial charge in [0.2, 0.25) is 11.8 Å². The van der Waals surface area contributed by atoms with Gasteiger partial charge in [-0.15, -0.1) is 0 Å². The van der Waals surface area contributed by atoms with Gasteiger partial charge >= 0.3 is 6.18 Å². The molecule has 1 aliphatic heterocycles. The Labute approximate surface area is 144 Å². The van der Waals surface area contributed by atoms with Crippen molar-refractivity contribution in [1.82, 2.24) is 4.90 Å². The zero-order chi connectivity index (χ0) is 18.0. The van der Waals surface area contributed by atoms with Gasteiger partial charge in [-0.2, -0.15) is 13.2 Å². The highest BCUT2D eigenvalue weighted by atomic mass is 19.4. The highest BCUT2D eigenvalue weighted by molar-refractivity contribution is 6.00. The van der Waals surface area contributed by atoms with Crippen molar-refractivity contribution in [2.75, 3.05) is 18.4 Å². The van der Waals surface area contributed by atoms with Crippen LogP contribution in [0.4, 0.5) is 18.9 Å². The molecule has 1 N–H and O–H groups in total. The number of halogens is 3. The first kappa shape index (κ1) is 17.8. The molecule has 136 valence electrons. The number of rotatable bonds is 3. The Morgan fingerprint density at radius 1 is 1.00 bits per heavy atom. The molecule has 25 heavy (non-hydrogen) atoms. The zero-order valence-corrected chi connectivity index (χ0v) is 13.8. The number of anilines is 1. The second kappa shape index (κ2) is 7.06. The van der Waals surface area contributed by atoms with Gasteiger partial charge in [0.05, 0.1) is 23.1 Å². The van der Waals surface area contributed by atoms with Gasteiger partial charge in [0.15, 0.2) is 0 Å². The average Bonchev–Trinajstić information content (AvgIpc) is 3.38. The molecule has 2 aliphatic rings. The van der Waals surface area contributed by atoms with Crippen LogP contribution < -0.4 is 5.32 Å². The lowest BCUT2D eigenvalue weighted by Crippen LogP contribution is -2.34. The Hall–Kier alpha value is -2.05. The summed E-state index contributed by atoms with van der Waals surface area (Å²) in [4.78, 5) is 26.5. The van der Waals surface area contributed by atoms with Gasteiger partial charge < -0.3 is 10.2 Å². The largest absolute Gasteiger partial charge is 0.418 e. The van der Waals surface area contributed by atoms with Crippen LogP contribution in [-0.2, 0) is 15.8 Å². The van der Waals surface area contributed by atoms with E-state index in [0.29, 0.717) is 19.5 Å². The molecule has 3 rings (SSSR count). The number of para-hydroxylation sites is 1. The van der Waals surface area contributed by atoms with Crippen LogP contribution in [-0.4, -0.2) is 29.8 Å². The quantitative estimate of drug-likeness (QED) is 0.900. The summed E-state index contributed by atoms with van der Waals surface area (Å²) in [5, 5.41) is 2.35. The molecular formula is C18H21F3N2O2. The summed E-state index contributed by atoms with van der Waals surface area (Å²) in [7, 11) is 0. The first-order valence-corrected chi connectivity index (χ1v) is 8.64. The van der Waals surface area contributed by atoms with E-state index < -0.39 is 29.5 Å². The standard InChI is InChI=1S/C18H21F3N2O2/c19-18(20,21)14-7-3-4-8-15(14)22-16(24)12-11-13(12)17(25)23-9-5-1-2-6-10-23/h3-4,7-8,12-13H,1-2,5-6,9-11H2,(H,22,24). The number of amides is 2. The number of nitrogens with one attached hydrogen (secondary N) is 1. The Morgan fingerprint density at radius 2 is 1.64 bits per heavy atom. The van der Waals surface area contributed by atoms with Gasteiger partial charge in [0.1, 0.15) is 0 Å². The lowest BCUT2D eigenvalue weighted by molar-refractivity contribution is -0.137. The lowest BCUT2D eigenvalue weighted by atomic mass is 10.1. The van der Waals surface area contributed by atoms with Crippen molar-refractivity contribution in [2.45, 2.75) is 38.3 Å². The molecule has 2 fully saturated rings. The second-order valence-electron chi connectivity index (χ2n) is 6.72. The molecule has 4 nitrogen and oxygen atoms in total. The monoisotopic (exact) mass is 354 g/mol. The van der Waals surface area contributed by atoms with E-state index in [-0.39, 0.29) is 11.6 Å². The minimum absolute atomic E-state index is 0.0360. The van der Waals surface area contributed by atoms with Crippen LogP contribution >= 0.6 is 0 Å². The number of benzene rings is 1. The maximum atomic E-state index is 13.0. The van der Waals surface area contributed by atoms with Gasteiger partial charge in [-0.3, -0.25) is 9.59 Å². The van der Waals surface area contributed by atoms with Crippen molar-refractivity contribution in [3.63, 3.8) is 0 Å². The molecule has 0 spiro atoms. The smallest absolute Gasteiger partial charge is 0.342 e. The summed E-state index contributed by atoms with van der Waals surface area (Å²) in [5.41, 5.74) is -1.13. The molecular weight excluding hydrogens is 333 g/mol. The van der Waals surface area contributed by atoms with Crippen molar-refractivity contribution >= 4 is 17.5 Å². The molecule has 1 saturated heterocycles. The average molecular weight is 354 g/mol. The normalized spacial score (nSPS) is 23.7. The zero-order valence-electron chi connectivity index (χ0n) is 13.8. The van der Waals surface area contributed by atoms with Gasteiger partial charge in [-0.25, -0.2) is 0 Å². The molecule has 1 heterocycles. The number of carbonyl (C=O) groups excluding carboxylic acids is 2. The first-order valence-electron chi connectivity index (χ1n) is 8.64. The van der Waals surface area contributed by atoms with Crippen molar-refractivity contribution in [1.29, 1.82) is 0 Å². The molecule has 1 saturated carbocycles. The van der Waals surface area contributed by atoms with Gasteiger partial charge in [-0.05, 0) is 31.4 Å². The lowest BCUT2D eigenvalue weighted by Gasteiger charge is -2.20. The third-order valence-corrected chi connectivity index (χ3v) is 4.85. The number of alkyl halides is 3. The van der Waals surface area contributed by atoms with E-state index in [4.69, 9.17) is 0 Å². The topological polar surface area (TPSA) is 49.4 Å².